The summed E-state index contributed by atoms with van der Waals surface area (Å²) in [6, 6.07) is 6.02. The smallest absolute Gasteiger partial charge is 0.102 e. The first-order chi connectivity index (χ1) is 8.66. The van der Waals surface area contributed by atoms with E-state index in [1.165, 1.54) is 11.1 Å². The van der Waals surface area contributed by atoms with Crippen LogP contribution >= 0.6 is 0 Å². The van der Waals surface area contributed by atoms with Gasteiger partial charge in [0.15, 0.2) is 0 Å². The van der Waals surface area contributed by atoms with Gasteiger partial charge in [-0.25, -0.2) is 0 Å². The van der Waals surface area contributed by atoms with Crippen LogP contribution in [-0.4, -0.2) is 31.0 Å². The van der Waals surface area contributed by atoms with Crippen LogP contribution in [0, 0.1) is 13.8 Å². The molecule has 1 aromatic rings. The Morgan fingerprint density at radius 2 is 2.22 bits per heavy atom. The van der Waals surface area contributed by atoms with E-state index in [-0.39, 0.29) is 6.10 Å². The van der Waals surface area contributed by atoms with Crippen molar-refractivity contribution < 1.29 is 14.6 Å². The van der Waals surface area contributed by atoms with E-state index in [0.29, 0.717) is 13.2 Å². The molecule has 2 rings (SSSR count). The van der Waals surface area contributed by atoms with E-state index in [1.807, 2.05) is 18.2 Å². The van der Waals surface area contributed by atoms with Gasteiger partial charge < -0.3 is 14.6 Å². The minimum absolute atomic E-state index is 0.219. The average molecular weight is 250 g/mol. The van der Waals surface area contributed by atoms with Crippen molar-refractivity contribution in [3.63, 3.8) is 0 Å². The van der Waals surface area contributed by atoms with Gasteiger partial charge in [-0.05, 0) is 43.4 Å². The Hall–Kier alpha value is -0.900. The number of aliphatic hydroxyl groups excluding tert-OH is 1. The van der Waals surface area contributed by atoms with Crippen LogP contribution in [0.3, 0.4) is 0 Å². The molecule has 0 bridgehead atoms. The predicted octanol–water partition coefficient (Wildman–Crippen LogP) is 2.53. The number of rotatable bonds is 5. The van der Waals surface area contributed by atoms with Crippen LogP contribution in [0.2, 0.25) is 0 Å². The van der Waals surface area contributed by atoms with Gasteiger partial charge in [-0.15, -0.1) is 0 Å². The molecular formula is C15H22O3. The third-order valence-corrected chi connectivity index (χ3v) is 3.52. The van der Waals surface area contributed by atoms with E-state index in [9.17, 15) is 5.11 Å². The molecule has 1 saturated heterocycles. The van der Waals surface area contributed by atoms with Crippen molar-refractivity contribution in [1.29, 1.82) is 0 Å². The summed E-state index contributed by atoms with van der Waals surface area (Å²) in [4.78, 5) is 0. The Labute approximate surface area is 109 Å². The summed E-state index contributed by atoms with van der Waals surface area (Å²) in [6.07, 6.45) is 1.86. The summed E-state index contributed by atoms with van der Waals surface area (Å²) in [5, 5.41) is 10.0. The maximum Gasteiger partial charge on any atom is 0.102 e. The molecule has 3 nitrogen and oxygen atoms in total. The molecular weight excluding hydrogens is 228 g/mol. The highest BCUT2D eigenvalue weighted by Gasteiger charge is 2.16. The van der Waals surface area contributed by atoms with Gasteiger partial charge in [0.2, 0.25) is 0 Å². The van der Waals surface area contributed by atoms with Crippen LogP contribution in [-0.2, 0) is 9.47 Å². The lowest BCUT2D eigenvalue weighted by Crippen LogP contribution is -2.17. The summed E-state index contributed by atoms with van der Waals surface area (Å²) < 4.78 is 11.0. The second kappa shape index (κ2) is 6.32. The number of ether oxygens (including phenoxy) is 2. The maximum atomic E-state index is 10.0. The zero-order valence-electron chi connectivity index (χ0n) is 11.2. The number of hydrogen-bond donors (Lipinski definition) is 1. The van der Waals surface area contributed by atoms with Crippen molar-refractivity contribution in [1.82, 2.24) is 0 Å². The fourth-order valence-corrected chi connectivity index (χ4v) is 2.16. The summed E-state index contributed by atoms with van der Waals surface area (Å²) >= 11 is 0. The maximum absolute atomic E-state index is 10.0. The van der Waals surface area contributed by atoms with Gasteiger partial charge in [0.25, 0.3) is 0 Å². The lowest BCUT2D eigenvalue weighted by Gasteiger charge is -2.15. The number of hydrogen-bond acceptors (Lipinski definition) is 3. The monoisotopic (exact) mass is 250 g/mol. The molecule has 0 spiro atoms. The molecule has 2 unspecified atom stereocenters. The predicted molar refractivity (Wildman–Crippen MR) is 70.7 cm³/mol. The number of benzene rings is 1. The van der Waals surface area contributed by atoms with Gasteiger partial charge in [-0.1, -0.05) is 18.2 Å². The fourth-order valence-electron chi connectivity index (χ4n) is 2.16. The summed E-state index contributed by atoms with van der Waals surface area (Å²) in [5.41, 5.74) is 3.36. The van der Waals surface area contributed by atoms with Gasteiger partial charge >= 0.3 is 0 Å². The summed E-state index contributed by atoms with van der Waals surface area (Å²) in [6.45, 7) is 5.89. The first kappa shape index (κ1) is 13.5. The van der Waals surface area contributed by atoms with E-state index in [1.54, 1.807) is 0 Å². The molecule has 1 fully saturated rings. The van der Waals surface area contributed by atoms with E-state index >= 15 is 0 Å². The zero-order valence-corrected chi connectivity index (χ0v) is 11.2. The summed E-state index contributed by atoms with van der Waals surface area (Å²) in [7, 11) is 0. The molecule has 3 heteroatoms. The Balaban J connectivity index is 1.79. The van der Waals surface area contributed by atoms with Gasteiger partial charge in [0.1, 0.15) is 6.10 Å². The summed E-state index contributed by atoms with van der Waals surface area (Å²) in [5.74, 6) is 0. The van der Waals surface area contributed by atoms with Gasteiger partial charge in [0, 0.05) is 6.61 Å². The van der Waals surface area contributed by atoms with E-state index in [4.69, 9.17) is 9.47 Å². The zero-order chi connectivity index (χ0) is 13.0. The molecule has 1 aliphatic rings. The van der Waals surface area contributed by atoms with Crippen LogP contribution < -0.4 is 0 Å². The van der Waals surface area contributed by atoms with Gasteiger partial charge in [-0.2, -0.15) is 0 Å². The Morgan fingerprint density at radius 3 is 2.89 bits per heavy atom. The quantitative estimate of drug-likeness (QED) is 0.872. The molecule has 0 amide bonds. The molecule has 0 aromatic heterocycles. The highest BCUT2D eigenvalue weighted by atomic mass is 16.5. The van der Waals surface area contributed by atoms with Crippen molar-refractivity contribution in [3.05, 3.63) is 34.9 Å². The number of aliphatic hydroxyl groups is 1. The molecule has 0 saturated carbocycles. The first-order valence-corrected chi connectivity index (χ1v) is 6.61. The second-order valence-corrected chi connectivity index (χ2v) is 5.03. The molecule has 0 aliphatic carbocycles. The SMILES string of the molecule is Cc1ccc(C(O)COCC2CCCO2)cc1C. The standard InChI is InChI=1S/C15H22O3/c1-11-5-6-13(8-12(11)2)15(16)10-17-9-14-4-3-7-18-14/h5-6,8,14-16H,3-4,7,9-10H2,1-2H3. The molecule has 1 aliphatic heterocycles. The first-order valence-electron chi connectivity index (χ1n) is 6.61. The van der Waals surface area contributed by atoms with Crippen molar-refractivity contribution in [2.75, 3.05) is 19.8 Å². The molecule has 1 aromatic carbocycles. The van der Waals surface area contributed by atoms with Crippen molar-refractivity contribution in [2.24, 2.45) is 0 Å². The third-order valence-electron chi connectivity index (χ3n) is 3.52. The second-order valence-electron chi connectivity index (χ2n) is 5.03. The van der Waals surface area contributed by atoms with Gasteiger partial charge in [0.05, 0.1) is 19.3 Å². The molecule has 1 N–H and O–H groups in total. The minimum atomic E-state index is -0.550. The van der Waals surface area contributed by atoms with Crippen molar-refractivity contribution in [3.8, 4) is 0 Å². The topological polar surface area (TPSA) is 38.7 Å². The fraction of sp³-hybridized carbons (Fsp3) is 0.600. The highest BCUT2D eigenvalue weighted by Crippen LogP contribution is 2.18. The average Bonchev–Trinajstić information content (AvgIpc) is 2.85. The Kier molecular flexibility index (Phi) is 4.75. The van der Waals surface area contributed by atoms with Crippen molar-refractivity contribution in [2.45, 2.75) is 38.9 Å². The van der Waals surface area contributed by atoms with Crippen LogP contribution in [0.25, 0.3) is 0 Å². The highest BCUT2D eigenvalue weighted by molar-refractivity contribution is 5.31. The van der Waals surface area contributed by atoms with E-state index in [2.05, 4.69) is 13.8 Å². The normalized spacial score (nSPS) is 21.2. The van der Waals surface area contributed by atoms with Crippen LogP contribution in [0.5, 0.6) is 0 Å². The van der Waals surface area contributed by atoms with Crippen molar-refractivity contribution >= 4 is 0 Å². The molecule has 1 heterocycles. The molecule has 2 atom stereocenters. The van der Waals surface area contributed by atoms with Crippen LogP contribution in [0.4, 0.5) is 0 Å². The largest absolute Gasteiger partial charge is 0.386 e. The molecule has 18 heavy (non-hydrogen) atoms. The molecule has 100 valence electrons. The lowest BCUT2D eigenvalue weighted by molar-refractivity contribution is -0.0176. The van der Waals surface area contributed by atoms with E-state index < -0.39 is 6.10 Å². The van der Waals surface area contributed by atoms with Crippen LogP contribution in [0.15, 0.2) is 18.2 Å². The number of aryl methyl sites for hydroxylation is 2. The van der Waals surface area contributed by atoms with Crippen LogP contribution in [0.1, 0.15) is 35.6 Å². The molecule has 0 radical (unpaired) electrons. The Morgan fingerprint density at radius 1 is 1.39 bits per heavy atom. The lowest BCUT2D eigenvalue weighted by atomic mass is 10.0. The van der Waals surface area contributed by atoms with Gasteiger partial charge in [-0.3, -0.25) is 0 Å². The minimum Gasteiger partial charge on any atom is -0.386 e. The third kappa shape index (κ3) is 3.55. The Bertz CT molecular complexity index is 383. The van der Waals surface area contributed by atoms with E-state index in [0.717, 1.165) is 25.0 Å².